The molecule has 1 aliphatic heterocycles. The van der Waals surface area contributed by atoms with E-state index in [4.69, 9.17) is 16.3 Å². The fourth-order valence-corrected chi connectivity index (χ4v) is 1.56. The Morgan fingerprint density at radius 3 is 3.00 bits per heavy atom. The predicted octanol–water partition coefficient (Wildman–Crippen LogP) is 1.47. The fourth-order valence-electron chi connectivity index (χ4n) is 1.36. The van der Waals surface area contributed by atoms with Gasteiger partial charge in [-0.15, -0.1) is 11.6 Å². The van der Waals surface area contributed by atoms with E-state index in [1.54, 1.807) is 0 Å². The minimum atomic E-state index is -0.543. The van der Waals surface area contributed by atoms with Crippen LogP contribution >= 0.6 is 11.6 Å². The molecule has 0 aromatic heterocycles. The second-order valence-corrected chi connectivity index (χ2v) is 3.40. The molecular formula is C10H10ClNO2. The number of nitrogens with one attached hydrogen (secondary N) is 1. The van der Waals surface area contributed by atoms with Crippen LogP contribution in [0.25, 0.3) is 0 Å². The third-order valence-corrected chi connectivity index (χ3v) is 2.38. The van der Waals surface area contributed by atoms with Gasteiger partial charge >= 0.3 is 0 Å². The molecular weight excluding hydrogens is 202 g/mol. The summed E-state index contributed by atoms with van der Waals surface area (Å²) in [4.78, 5) is 11.3. The lowest BCUT2D eigenvalue weighted by molar-refractivity contribution is -0.122. The van der Waals surface area contributed by atoms with Crippen molar-refractivity contribution in [1.29, 1.82) is 0 Å². The Kier molecular flexibility index (Phi) is 2.59. The van der Waals surface area contributed by atoms with Crippen molar-refractivity contribution in [3.05, 3.63) is 35.8 Å². The molecule has 0 saturated carbocycles. The van der Waals surface area contributed by atoms with Gasteiger partial charge < -0.3 is 4.74 Å². The molecule has 74 valence electrons. The Balaban J connectivity index is 2.17. The molecule has 2 rings (SSSR count). The number of hydrogen-bond acceptors (Lipinski definition) is 2. The maximum Gasteiger partial charge on any atom is 0.269 e. The number of hydrogen-bond donors (Lipinski definition) is 1. The summed E-state index contributed by atoms with van der Waals surface area (Å²) in [5.74, 6) is 0.564. The zero-order chi connectivity index (χ0) is 9.97. The average molecular weight is 212 g/mol. The summed E-state index contributed by atoms with van der Waals surface area (Å²) >= 11 is 5.57. The van der Waals surface area contributed by atoms with Gasteiger partial charge in [0.15, 0.2) is 12.0 Å². The highest BCUT2D eigenvalue weighted by Crippen LogP contribution is 2.20. The van der Waals surface area contributed by atoms with Gasteiger partial charge in [-0.1, -0.05) is 24.3 Å². The second-order valence-electron chi connectivity index (χ2n) is 3.10. The molecule has 0 spiro atoms. The van der Waals surface area contributed by atoms with Gasteiger partial charge in [0.1, 0.15) is 0 Å². The van der Waals surface area contributed by atoms with Crippen molar-refractivity contribution in [1.82, 2.24) is 5.32 Å². The lowest BCUT2D eigenvalue weighted by atomic mass is 10.1. The van der Waals surface area contributed by atoms with Gasteiger partial charge in [-0.3, -0.25) is 10.1 Å². The number of amides is 1. The number of ether oxygens (including phenoxy) is 1. The molecule has 2 aliphatic rings. The van der Waals surface area contributed by atoms with Crippen molar-refractivity contribution in [2.45, 2.75) is 12.5 Å². The van der Waals surface area contributed by atoms with Gasteiger partial charge in [0.05, 0.1) is 5.88 Å². The zero-order valence-corrected chi connectivity index (χ0v) is 8.25. The lowest BCUT2D eigenvalue weighted by Crippen LogP contribution is -2.24. The first-order valence-electron chi connectivity index (χ1n) is 4.41. The van der Waals surface area contributed by atoms with Crippen LogP contribution in [0.3, 0.4) is 0 Å². The SMILES string of the molecule is O=C1NC(=C2C=CC=CC2)OC1CCl. The molecule has 1 saturated heterocycles. The van der Waals surface area contributed by atoms with Crippen molar-refractivity contribution in [2.75, 3.05) is 5.88 Å². The van der Waals surface area contributed by atoms with E-state index >= 15 is 0 Å². The van der Waals surface area contributed by atoms with Crippen molar-refractivity contribution < 1.29 is 9.53 Å². The summed E-state index contributed by atoms with van der Waals surface area (Å²) < 4.78 is 5.36. The molecule has 1 fully saturated rings. The second kappa shape index (κ2) is 3.88. The van der Waals surface area contributed by atoms with Crippen molar-refractivity contribution in [3.8, 4) is 0 Å². The van der Waals surface area contributed by atoms with Gasteiger partial charge in [0.2, 0.25) is 0 Å². The lowest BCUT2D eigenvalue weighted by Gasteiger charge is -2.07. The first kappa shape index (κ1) is 9.34. The van der Waals surface area contributed by atoms with Crippen LogP contribution in [0.5, 0.6) is 0 Å². The molecule has 1 unspecified atom stereocenters. The van der Waals surface area contributed by atoms with E-state index in [2.05, 4.69) is 5.32 Å². The molecule has 1 aliphatic carbocycles. The summed E-state index contributed by atoms with van der Waals surface area (Å²) in [6.45, 7) is 0. The highest BCUT2D eigenvalue weighted by atomic mass is 35.5. The van der Waals surface area contributed by atoms with Gasteiger partial charge in [0, 0.05) is 5.57 Å². The summed E-state index contributed by atoms with van der Waals surface area (Å²) in [7, 11) is 0. The largest absolute Gasteiger partial charge is 0.464 e. The van der Waals surface area contributed by atoms with Crippen LogP contribution in [0.1, 0.15) is 6.42 Å². The van der Waals surface area contributed by atoms with Crippen LogP contribution < -0.4 is 5.32 Å². The van der Waals surface area contributed by atoms with Crippen LogP contribution in [0, 0.1) is 0 Å². The van der Waals surface area contributed by atoms with Crippen molar-refractivity contribution >= 4 is 17.5 Å². The Hall–Kier alpha value is -1.22. The molecule has 1 amide bonds. The Labute approximate surface area is 87.1 Å². The fraction of sp³-hybridized carbons (Fsp3) is 0.300. The molecule has 1 N–H and O–H groups in total. The third-order valence-electron chi connectivity index (χ3n) is 2.10. The number of alkyl halides is 1. The first-order valence-corrected chi connectivity index (χ1v) is 4.94. The number of allylic oxidation sites excluding steroid dienone is 5. The molecule has 14 heavy (non-hydrogen) atoms. The predicted molar refractivity (Wildman–Crippen MR) is 53.7 cm³/mol. The van der Waals surface area contributed by atoms with Gasteiger partial charge in [0.25, 0.3) is 5.91 Å². The van der Waals surface area contributed by atoms with Crippen molar-refractivity contribution in [3.63, 3.8) is 0 Å². The number of rotatable bonds is 1. The van der Waals surface area contributed by atoms with Crippen LogP contribution in [0.4, 0.5) is 0 Å². The summed E-state index contributed by atoms with van der Waals surface area (Å²) in [5.41, 5.74) is 0.980. The maximum atomic E-state index is 11.3. The van der Waals surface area contributed by atoms with Crippen LogP contribution in [0.2, 0.25) is 0 Å². The van der Waals surface area contributed by atoms with E-state index in [1.165, 1.54) is 0 Å². The summed E-state index contributed by atoms with van der Waals surface area (Å²) in [6.07, 6.45) is 8.03. The van der Waals surface area contributed by atoms with E-state index in [1.807, 2.05) is 24.3 Å². The normalized spacial score (nSPS) is 30.4. The van der Waals surface area contributed by atoms with E-state index in [0.717, 1.165) is 12.0 Å². The molecule has 3 nitrogen and oxygen atoms in total. The highest BCUT2D eigenvalue weighted by Gasteiger charge is 2.30. The average Bonchev–Trinajstić information content (AvgIpc) is 2.61. The van der Waals surface area contributed by atoms with E-state index in [-0.39, 0.29) is 11.8 Å². The Bertz CT molecular complexity index is 344. The molecule has 1 atom stereocenters. The minimum Gasteiger partial charge on any atom is -0.464 e. The van der Waals surface area contributed by atoms with Gasteiger partial charge in [-0.25, -0.2) is 0 Å². The summed E-state index contributed by atoms with van der Waals surface area (Å²) in [5, 5.41) is 2.67. The molecule has 1 heterocycles. The highest BCUT2D eigenvalue weighted by molar-refractivity contribution is 6.20. The third kappa shape index (κ3) is 1.68. The standard InChI is InChI=1S/C10H10ClNO2/c11-6-8-9(13)12-10(14-8)7-4-2-1-3-5-7/h1-4,8H,5-6H2,(H,12,13). The van der Waals surface area contributed by atoms with Crippen LogP contribution in [-0.4, -0.2) is 17.9 Å². The Morgan fingerprint density at radius 1 is 1.57 bits per heavy atom. The number of carbonyl (C=O) groups is 1. The van der Waals surface area contributed by atoms with E-state index < -0.39 is 6.10 Å². The number of carbonyl (C=O) groups excluding carboxylic acids is 1. The smallest absolute Gasteiger partial charge is 0.269 e. The zero-order valence-electron chi connectivity index (χ0n) is 7.50. The van der Waals surface area contributed by atoms with Crippen LogP contribution in [-0.2, 0) is 9.53 Å². The molecule has 0 aromatic carbocycles. The van der Waals surface area contributed by atoms with Crippen molar-refractivity contribution in [2.24, 2.45) is 0 Å². The topological polar surface area (TPSA) is 38.3 Å². The molecule has 0 aromatic rings. The molecule has 4 heteroatoms. The number of halogens is 1. The van der Waals surface area contributed by atoms with E-state index in [0.29, 0.717) is 5.88 Å². The molecule has 0 radical (unpaired) electrons. The Morgan fingerprint density at radius 2 is 2.43 bits per heavy atom. The molecule has 0 bridgehead atoms. The van der Waals surface area contributed by atoms with Gasteiger partial charge in [-0.2, -0.15) is 0 Å². The monoisotopic (exact) mass is 211 g/mol. The van der Waals surface area contributed by atoms with Crippen LogP contribution in [0.15, 0.2) is 35.8 Å². The quantitative estimate of drug-likeness (QED) is 0.667. The maximum absolute atomic E-state index is 11.3. The van der Waals surface area contributed by atoms with Gasteiger partial charge in [-0.05, 0) is 6.42 Å². The first-order chi connectivity index (χ1) is 6.81. The van der Waals surface area contributed by atoms with E-state index in [9.17, 15) is 4.79 Å². The summed E-state index contributed by atoms with van der Waals surface area (Å²) in [6, 6.07) is 0. The minimum absolute atomic E-state index is 0.162.